The summed E-state index contributed by atoms with van der Waals surface area (Å²) < 4.78 is 13.2. The second-order valence-electron chi connectivity index (χ2n) is 5.98. The summed E-state index contributed by atoms with van der Waals surface area (Å²) in [5, 5.41) is 4.37. The van der Waals surface area contributed by atoms with Crippen LogP contribution in [0.4, 0.5) is 0 Å². The van der Waals surface area contributed by atoms with Gasteiger partial charge in [-0.25, -0.2) is 0 Å². The van der Waals surface area contributed by atoms with Gasteiger partial charge in [0.15, 0.2) is 17.3 Å². The highest BCUT2D eigenvalue weighted by atomic mass is 32.1. The van der Waals surface area contributed by atoms with Gasteiger partial charge in [-0.05, 0) is 37.6 Å². The molecular formula is C21H19N3O3S. The summed E-state index contributed by atoms with van der Waals surface area (Å²) in [6, 6.07) is 15.2. The molecule has 0 radical (unpaired) electrons. The third-order valence-electron chi connectivity index (χ3n) is 4.08. The van der Waals surface area contributed by atoms with Gasteiger partial charge in [-0.1, -0.05) is 47.7 Å². The van der Waals surface area contributed by atoms with E-state index in [0.717, 1.165) is 11.1 Å². The van der Waals surface area contributed by atoms with Crippen molar-refractivity contribution in [1.82, 2.24) is 14.6 Å². The van der Waals surface area contributed by atoms with Crippen molar-refractivity contribution in [3.8, 4) is 22.9 Å². The van der Waals surface area contributed by atoms with Crippen molar-refractivity contribution in [1.29, 1.82) is 0 Å². The van der Waals surface area contributed by atoms with Gasteiger partial charge in [0.2, 0.25) is 4.96 Å². The molecule has 0 aliphatic carbocycles. The molecule has 4 aromatic rings. The quantitative estimate of drug-likeness (QED) is 0.503. The maximum absolute atomic E-state index is 12.7. The van der Waals surface area contributed by atoms with Gasteiger partial charge in [0.25, 0.3) is 5.56 Å². The maximum atomic E-state index is 12.7. The molecule has 0 saturated carbocycles. The Morgan fingerprint density at radius 3 is 2.50 bits per heavy atom. The Hall–Kier alpha value is -3.19. The number of thiazole rings is 1. The highest BCUT2D eigenvalue weighted by Crippen LogP contribution is 2.28. The van der Waals surface area contributed by atoms with Crippen molar-refractivity contribution >= 4 is 22.4 Å². The predicted octanol–water partition coefficient (Wildman–Crippen LogP) is 3.16. The van der Waals surface area contributed by atoms with E-state index in [1.54, 1.807) is 0 Å². The molecule has 0 amide bonds. The molecule has 142 valence electrons. The number of hydrogen-bond acceptors (Lipinski definition) is 6. The minimum atomic E-state index is -0.179. The van der Waals surface area contributed by atoms with Gasteiger partial charge in [-0.15, -0.1) is 5.10 Å². The molecule has 4 rings (SSSR count). The Morgan fingerprint density at radius 1 is 1.04 bits per heavy atom. The van der Waals surface area contributed by atoms with Crippen molar-refractivity contribution in [2.45, 2.75) is 13.8 Å². The lowest BCUT2D eigenvalue weighted by Crippen LogP contribution is -2.23. The van der Waals surface area contributed by atoms with Gasteiger partial charge in [0.05, 0.1) is 17.7 Å². The first-order valence-corrected chi connectivity index (χ1v) is 9.87. The van der Waals surface area contributed by atoms with Crippen molar-refractivity contribution < 1.29 is 9.47 Å². The lowest BCUT2D eigenvalue weighted by Gasteiger charge is -2.11. The van der Waals surface area contributed by atoms with Crippen LogP contribution in [0.3, 0.4) is 0 Å². The van der Waals surface area contributed by atoms with Crippen LogP contribution in [0.1, 0.15) is 19.4 Å². The Kier molecular flexibility index (Phi) is 5.08. The summed E-state index contributed by atoms with van der Waals surface area (Å²) in [5.41, 5.74) is 1.56. The normalized spacial score (nSPS) is 11.9. The molecule has 2 aromatic carbocycles. The van der Waals surface area contributed by atoms with Gasteiger partial charge in [-0.2, -0.15) is 9.50 Å². The minimum Gasteiger partial charge on any atom is -0.490 e. The highest BCUT2D eigenvalue weighted by molar-refractivity contribution is 7.15. The molecular weight excluding hydrogens is 374 g/mol. The summed E-state index contributed by atoms with van der Waals surface area (Å²) in [6.07, 6.45) is 1.82. The molecule has 0 unspecified atom stereocenters. The Bertz CT molecular complexity index is 1220. The first-order valence-electron chi connectivity index (χ1n) is 9.06. The fraction of sp³-hybridized carbons (Fsp3) is 0.190. The monoisotopic (exact) mass is 393 g/mol. The fourth-order valence-corrected chi connectivity index (χ4v) is 3.76. The number of nitrogens with zero attached hydrogens (tertiary/aromatic N) is 3. The van der Waals surface area contributed by atoms with Crippen LogP contribution >= 0.6 is 11.3 Å². The summed E-state index contributed by atoms with van der Waals surface area (Å²) in [4.78, 5) is 17.8. The minimum absolute atomic E-state index is 0.179. The van der Waals surface area contributed by atoms with E-state index >= 15 is 0 Å². The number of rotatable bonds is 6. The second kappa shape index (κ2) is 7.82. The Balaban J connectivity index is 1.74. The molecule has 2 aromatic heterocycles. The number of fused-ring (bicyclic) bond motifs is 1. The molecule has 6 nitrogen and oxygen atoms in total. The van der Waals surface area contributed by atoms with E-state index in [4.69, 9.17) is 9.47 Å². The highest BCUT2D eigenvalue weighted by Gasteiger charge is 2.12. The van der Waals surface area contributed by atoms with Gasteiger partial charge < -0.3 is 9.47 Å². The molecule has 7 heteroatoms. The van der Waals surface area contributed by atoms with Crippen LogP contribution in [-0.2, 0) is 0 Å². The fourth-order valence-electron chi connectivity index (χ4n) is 2.85. The summed E-state index contributed by atoms with van der Waals surface area (Å²) in [6.45, 7) is 4.95. The van der Waals surface area contributed by atoms with Crippen molar-refractivity contribution in [3.63, 3.8) is 0 Å². The molecule has 0 atom stereocenters. The molecule has 0 aliphatic rings. The van der Waals surface area contributed by atoms with Crippen molar-refractivity contribution in [2.75, 3.05) is 13.2 Å². The average Bonchev–Trinajstić information content (AvgIpc) is 3.25. The largest absolute Gasteiger partial charge is 0.490 e. The third kappa shape index (κ3) is 3.48. The standard InChI is InChI=1S/C21H19N3O3S/c1-3-26-16-11-10-14(12-17(16)27-4-2)13-18-20(25)24-21(28-18)22-19(23-24)15-8-6-5-7-9-15/h5-13H,3-4H2,1-2H3/b18-13+. The average molecular weight is 393 g/mol. The summed E-state index contributed by atoms with van der Waals surface area (Å²) in [5.74, 6) is 1.91. The SMILES string of the molecule is CCOc1ccc(/C=c2/sc3nc(-c4ccccc4)nn3c2=O)cc1OCC. The number of hydrogen-bond donors (Lipinski definition) is 0. The molecule has 2 heterocycles. The molecule has 28 heavy (non-hydrogen) atoms. The van der Waals surface area contributed by atoms with Gasteiger partial charge in [0, 0.05) is 5.56 Å². The van der Waals surface area contributed by atoms with E-state index in [0.29, 0.717) is 40.0 Å². The van der Waals surface area contributed by atoms with Crippen LogP contribution in [-0.4, -0.2) is 27.8 Å². The lowest BCUT2D eigenvalue weighted by atomic mass is 10.2. The lowest BCUT2D eigenvalue weighted by molar-refractivity contribution is 0.287. The zero-order valence-corrected chi connectivity index (χ0v) is 16.4. The predicted molar refractivity (Wildman–Crippen MR) is 110 cm³/mol. The summed E-state index contributed by atoms with van der Waals surface area (Å²) in [7, 11) is 0. The molecule has 0 saturated heterocycles. The molecule has 0 N–H and O–H groups in total. The third-order valence-corrected chi connectivity index (χ3v) is 5.04. The summed E-state index contributed by atoms with van der Waals surface area (Å²) >= 11 is 1.32. The molecule has 0 fully saturated rings. The van der Waals surface area contributed by atoms with E-state index in [9.17, 15) is 4.79 Å². The second-order valence-corrected chi connectivity index (χ2v) is 6.99. The van der Waals surface area contributed by atoms with Crippen LogP contribution in [0, 0.1) is 0 Å². The van der Waals surface area contributed by atoms with E-state index in [1.165, 1.54) is 15.9 Å². The number of ether oxygens (including phenoxy) is 2. The van der Waals surface area contributed by atoms with Gasteiger partial charge in [-0.3, -0.25) is 4.79 Å². The Labute approximate surface area is 165 Å². The molecule has 0 aliphatic heterocycles. The number of benzene rings is 2. The van der Waals surface area contributed by atoms with Crippen molar-refractivity contribution in [2.24, 2.45) is 0 Å². The zero-order valence-electron chi connectivity index (χ0n) is 15.6. The van der Waals surface area contributed by atoms with Gasteiger partial charge >= 0.3 is 0 Å². The first kappa shape index (κ1) is 18.2. The van der Waals surface area contributed by atoms with E-state index in [1.807, 2.05) is 68.5 Å². The van der Waals surface area contributed by atoms with Gasteiger partial charge in [0.1, 0.15) is 0 Å². The van der Waals surface area contributed by atoms with Crippen LogP contribution < -0.4 is 19.6 Å². The maximum Gasteiger partial charge on any atom is 0.291 e. The van der Waals surface area contributed by atoms with Crippen molar-refractivity contribution in [3.05, 3.63) is 69.0 Å². The van der Waals surface area contributed by atoms with E-state index in [-0.39, 0.29) is 5.56 Å². The van der Waals surface area contributed by atoms with E-state index < -0.39 is 0 Å². The topological polar surface area (TPSA) is 65.7 Å². The molecule has 0 bridgehead atoms. The Morgan fingerprint density at radius 2 is 1.79 bits per heavy atom. The number of aromatic nitrogens is 3. The first-order chi connectivity index (χ1) is 13.7. The van der Waals surface area contributed by atoms with Crippen LogP contribution in [0.15, 0.2) is 53.3 Å². The van der Waals surface area contributed by atoms with Crippen LogP contribution in [0.5, 0.6) is 11.5 Å². The van der Waals surface area contributed by atoms with Crippen LogP contribution in [0.25, 0.3) is 22.4 Å². The van der Waals surface area contributed by atoms with E-state index in [2.05, 4.69) is 10.1 Å². The van der Waals surface area contributed by atoms with Crippen LogP contribution in [0.2, 0.25) is 0 Å². The zero-order chi connectivity index (χ0) is 19.5. The smallest absolute Gasteiger partial charge is 0.291 e. The molecule has 0 spiro atoms.